The lowest BCUT2D eigenvalue weighted by Crippen LogP contribution is -2.32. The summed E-state index contributed by atoms with van der Waals surface area (Å²) in [7, 11) is 0. The third-order valence-electron chi connectivity index (χ3n) is 5.46. The first kappa shape index (κ1) is 12.8. The first-order valence-corrected chi connectivity index (χ1v) is 7.67. The van der Waals surface area contributed by atoms with Gasteiger partial charge in [0.2, 0.25) is 5.91 Å². The van der Waals surface area contributed by atoms with Crippen molar-refractivity contribution in [2.75, 3.05) is 4.90 Å². The molecule has 3 aliphatic rings. The van der Waals surface area contributed by atoms with Crippen molar-refractivity contribution in [1.82, 2.24) is 0 Å². The van der Waals surface area contributed by atoms with Crippen LogP contribution in [0.4, 0.5) is 5.69 Å². The van der Waals surface area contributed by atoms with E-state index in [1.807, 2.05) is 19.9 Å². The van der Waals surface area contributed by atoms with Crippen molar-refractivity contribution >= 4 is 17.5 Å². The molecule has 1 aromatic carbocycles. The molecule has 1 aliphatic heterocycles. The number of allylic oxidation sites excluding steroid dienone is 1. The minimum atomic E-state index is -0.151. The fraction of sp³-hybridized carbons (Fsp3) is 0.444. The van der Waals surface area contributed by atoms with Crippen LogP contribution in [0.15, 0.2) is 23.3 Å². The number of anilines is 1. The zero-order chi connectivity index (χ0) is 14.9. The highest BCUT2D eigenvalue weighted by Gasteiger charge is 2.54. The van der Waals surface area contributed by atoms with Gasteiger partial charge in [-0.25, -0.2) is 4.90 Å². The van der Waals surface area contributed by atoms with Gasteiger partial charge in [-0.15, -0.1) is 0 Å². The first-order valence-electron chi connectivity index (χ1n) is 7.67. The molecule has 108 valence electrons. The molecule has 1 saturated carbocycles. The molecule has 0 spiro atoms. The first-order chi connectivity index (χ1) is 9.99. The Bertz CT molecular complexity index is 729. The van der Waals surface area contributed by atoms with E-state index >= 15 is 0 Å². The fourth-order valence-electron chi connectivity index (χ4n) is 4.25. The van der Waals surface area contributed by atoms with Crippen molar-refractivity contribution in [2.45, 2.75) is 40.0 Å². The van der Waals surface area contributed by atoms with Crippen LogP contribution in [0, 0.1) is 32.6 Å². The Labute approximate surface area is 124 Å². The maximum atomic E-state index is 12.8. The topological polar surface area (TPSA) is 37.4 Å². The van der Waals surface area contributed by atoms with Crippen molar-refractivity contribution in [3.63, 3.8) is 0 Å². The van der Waals surface area contributed by atoms with Crippen molar-refractivity contribution in [2.24, 2.45) is 11.8 Å². The third-order valence-corrected chi connectivity index (χ3v) is 5.46. The van der Waals surface area contributed by atoms with Crippen LogP contribution in [-0.2, 0) is 9.59 Å². The normalized spacial score (nSPS) is 27.1. The van der Waals surface area contributed by atoms with E-state index in [2.05, 4.69) is 13.0 Å². The number of amides is 2. The van der Waals surface area contributed by atoms with Gasteiger partial charge >= 0.3 is 0 Å². The highest BCUT2D eigenvalue weighted by molar-refractivity contribution is 6.30. The van der Waals surface area contributed by atoms with Crippen LogP contribution in [-0.4, -0.2) is 11.8 Å². The zero-order valence-electron chi connectivity index (χ0n) is 12.7. The third kappa shape index (κ3) is 1.55. The smallest absolute Gasteiger partial charge is 0.261 e. The van der Waals surface area contributed by atoms with Gasteiger partial charge in [0.05, 0.1) is 11.6 Å². The summed E-state index contributed by atoms with van der Waals surface area (Å²) in [5, 5.41) is 0. The SMILES string of the molecule is Cc1cc(C)c(N2C(=O)C3=C4CCC(C4)C3C2=O)cc1C. The molecule has 0 N–H and O–H groups in total. The van der Waals surface area contributed by atoms with E-state index in [1.54, 1.807) is 0 Å². The van der Waals surface area contributed by atoms with Crippen LogP contribution in [0.1, 0.15) is 36.0 Å². The summed E-state index contributed by atoms with van der Waals surface area (Å²) in [4.78, 5) is 27.0. The molecule has 3 heteroatoms. The Morgan fingerprint density at radius 3 is 2.48 bits per heavy atom. The number of nitrogens with zero attached hydrogens (tertiary/aromatic N) is 1. The summed E-state index contributed by atoms with van der Waals surface area (Å²) in [5.74, 6) is 0.167. The fourth-order valence-corrected chi connectivity index (χ4v) is 4.25. The summed E-state index contributed by atoms with van der Waals surface area (Å²) in [6.45, 7) is 6.05. The van der Waals surface area contributed by atoms with Gasteiger partial charge in [-0.05, 0) is 68.7 Å². The maximum Gasteiger partial charge on any atom is 0.261 e. The summed E-state index contributed by atoms with van der Waals surface area (Å²) in [6.07, 6.45) is 3.05. The van der Waals surface area contributed by atoms with Crippen LogP contribution in [0.5, 0.6) is 0 Å². The second-order valence-corrected chi connectivity index (χ2v) is 6.70. The van der Waals surface area contributed by atoms with Gasteiger partial charge in [0.25, 0.3) is 5.91 Å². The van der Waals surface area contributed by atoms with E-state index in [9.17, 15) is 9.59 Å². The number of rotatable bonds is 1. The summed E-state index contributed by atoms with van der Waals surface area (Å²) < 4.78 is 0. The van der Waals surface area contributed by atoms with Crippen molar-refractivity contribution in [3.05, 3.63) is 40.0 Å². The molecular formula is C18H19NO2. The highest BCUT2D eigenvalue weighted by Crippen LogP contribution is 2.53. The predicted molar refractivity (Wildman–Crippen MR) is 81.0 cm³/mol. The van der Waals surface area contributed by atoms with Crippen LogP contribution < -0.4 is 4.90 Å². The number of fused-ring (bicyclic) bond motifs is 4. The monoisotopic (exact) mass is 281 g/mol. The molecule has 2 unspecified atom stereocenters. The van der Waals surface area contributed by atoms with E-state index in [-0.39, 0.29) is 17.7 Å². The molecule has 0 radical (unpaired) electrons. The molecule has 1 heterocycles. The molecule has 2 amide bonds. The average molecular weight is 281 g/mol. The molecule has 2 aliphatic carbocycles. The molecule has 3 nitrogen and oxygen atoms in total. The van der Waals surface area contributed by atoms with Crippen molar-refractivity contribution in [3.8, 4) is 0 Å². The lowest BCUT2D eigenvalue weighted by Gasteiger charge is -2.20. The molecule has 4 rings (SSSR count). The standard InChI is InChI=1S/C18H19NO2/c1-9-6-11(3)14(7-10(9)2)19-17(20)15-12-4-5-13(8-12)16(15)18(19)21/h6-7,12,15H,4-5,8H2,1-3H3. The molecule has 2 fully saturated rings. The highest BCUT2D eigenvalue weighted by atomic mass is 16.2. The van der Waals surface area contributed by atoms with E-state index in [0.29, 0.717) is 5.92 Å². The van der Waals surface area contributed by atoms with Crippen LogP contribution in [0.25, 0.3) is 0 Å². The van der Waals surface area contributed by atoms with E-state index in [4.69, 9.17) is 0 Å². The number of carbonyl (C=O) groups excluding carboxylic acids is 2. The second kappa shape index (κ2) is 4.06. The molecule has 21 heavy (non-hydrogen) atoms. The van der Waals surface area contributed by atoms with Gasteiger partial charge in [0.15, 0.2) is 0 Å². The second-order valence-electron chi connectivity index (χ2n) is 6.70. The molecular weight excluding hydrogens is 262 g/mol. The molecule has 1 aromatic rings. The molecule has 1 saturated heterocycles. The summed E-state index contributed by atoms with van der Waals surface area (Å²) in [6, 6.07) is 4.04. The predicted octanol–water partition coefficient (Wildman–Crippen LogP) is 3.21. The van der Waals surface area contributed by atoms with Gasteiger partial charge < -0.3 is 0 Å². The number of carbonyl (C=O) groups is 2. The van der Waals surface area contributed by atoms with Crippen LogP contribution in [0.3, 0.4) is 0 Å². The minimum absolute atomic E-state index is 0.000975. The van der Waals surface area contributed by atoms with E-state index in [1.165, 1.54) is 16.0 Å². The molecule has 2 bridgehead atoms. The van der Waals surface area contributed by atoms with Gasteiger partial charge in [-0.1, -0.05) is 11.6 Å². The number of imide groups is 1. The van der Waals surface area contributed by atoms with Crippen LogP contribution in [0.2, 0.25) is 0 Å². The lowest BCUT2D eigenvalue weighted by molar-refractivity contribution is -0.123. The summed E-state index contributed by atoms with van der Waals surface area (Å²) >= 11 is 0. The molecule has 0 aromatic heterocycles. The van der Waals surface area contributed by atoms with Gasteiger partial charge in [-0.3, -0.25) is 9.59 Å². The largest absolute Gasteiger partial charge is 0.273 e. The Kier molecular flexibility index (Phi) is 2.48. The molecule has 2 atom stereocenters. The Morgan fingerprint density at radius 1 is 1.05 bits per heavy atom. The van der Waals surface area contributed by atoms with Gasteiger partial charge in [0.1, 0.15) is 0 Å². The number of hydrogen-bond donors (Lipinski definition) is 0. The van der Waals surface area contributed by atoms with E-state index < -0.39 is 0 Å². The lowest BCUT2D eigenvalue weighted by atomic mass is 9.88. The van der Waals surface area contributed by atoms with E-state index in [0.717, 1.165) is 41.6 Å². The minimum Gasteiger partial charge on any atom is -0.273 e. The Morgan fingerprint density at radius 2 is 1.76 bits per heavy atom. The quantitative estimate of drug-likeness (QED) is 0.741. The number of hydrogen-bond acceptors (Lipinski definition) is 2. The van der Waals surface area contributed by atoms with Gasteiger partial charge in [0, 0.05) is 5.57 Å². The number of benzene rings is 1. The van der Waals surface area contributed by atoms with Gasteiger partial charge in [-0.2, -0.15) is 0 Å². The zero-order valence-corrected chi connectivity index (χ0v) is 12.7. The van der Waals surface area contributed by atoms with Crippen molar-refractivity contribution < 1.29 is 9.59 Å². The summed E-state index contributed by atoms with van der Waals surface area (Å²) in [5.41, 5.74) is 6.15. The Balaban J connectivity index is 1.85. The maximum absolute atomic E-state index is 12.8. The van der Waals surface area contributed by atoms with Crippen molar-refractivity contribution in [1.29, 1.82) is 0 Å². The number of aryl methyl sites for hydroxylation is 3. The average Bonchev–Trinajstić information content (AvgIpc) is 3.09. The van der Waals surface area contributed by atoms with Crippen LogP contribution >= 0.6 is 0 Å². The Hall–Kier alpha value is -1.90.